The molecule has 112 valence electrons. The Morgan fingerprint density at radius 1 is 1.14 bits per heavy atom. The summed E-state index contributed by atoms with van der Waals surface area (Å²) in [6.07, 6.45) is 2.80. The minimum atomic E-state index is -0.422. The lowest BCUT2D eigenvalue weighted by Gasteiger charge is -2.05. The molecule has 0 spiro atoms. The van der Waals surface area contributed by atoms with Crippen molar-refractivity contribution in [3.8, 4) is 5.75 Å². The second-order valence-electron chi connectivity index (χ2n) is 4.66. The second-order valence-corrected chi connectivity index (χ2v) is 4.66. The number of carbonyl (C=O) groups excluding carboxylic acids is 2. The SMILES string of the molecule is CC(=O)Nc1ccc(O)c(C(=O)C=Cc2ccc(F)cc2)c1. The van der Waals surface area contributed by atoms with Crippen molar-refractivity contribution in [2.75, 3.05) is 5.32 Å². The first-order valence-electron chi connectivity index (χ1n) is 6.54. The molecular weight excluding hydrogens is 285 g/mol. The number of allylic oxidation sites excluding steroid dienone is 1. The van der Waals surface area contributed by atoms with Gasteiger partial charge in [-0.3, -0.25) is 9.59 Å². The van der Waals surface area contributed by atoms with E-state index in [9.17, 15) is 19.1 Å². The highest BCUT2D eigenvalue weighted by atomic mass is 19.1. The van der Waals surface area contributed by atoms with E-state index in [0.717, 1.165) is 0 Å². The number of carbonyl (C=O) groups is 2. The second kappa shape index (κ2) is 6.67. The van der Waals surface area contributed by atoms with Crippen LogP contribution in [0.3, 0.4) is 0 Å². The van der Waals surface area contributed by atoms with Crippen molar-refractivity contribution in [2.45, 2.75) is 6.92 Å². The number of aromatic hydroxyl groups is 1. The summed E-state index contributed by atoms with van der Waals surface area (Å²) >= 11 is 0. The van der Waals surface area contributed by atoms with Crippen molar-refractivity contribution in [2.24, 2.45) is 0 Å². The van der Waals surface area contributed by atoms with Crippen LogP contribution in [-0.4, -0.2) is 16.8 Å². The van der Waals surface area contributed by atoms with Gasteiger partial charge in [0, 0.05) is 12.6 Å². The summed E-state index contributed by atoms with van der Waals surface area (Å²) in [4.78, 5) is 23.1. The smallest absolute Gasteiger partial charge is 0.221 e. The topological polar surface area (TPSA) is 66.4 Å². The fraction of sp³-hybridized carbons (Fsp3) is 0.0588. The molecular formula is C17H14FNO3. The molecule has 2 rings (SSSR count). The van der Waals surface area contributed by atoms with E-state index in [1.807, 2.05) is 0 Å². The van der Waals surface area contributed by atoms with Gasteiger partial charge in [-0.2, -0.15) is 0 Å². The number of rotatable bonds is 4. The minimum Gasteiger partial charge on any atom is -0.507 e. The summed E-state index contributed by atoms with van der Waals surface area (Å²) in [5.41, 5.74) is 1.15. The Kier molecular flexibility index (Phi) is 4.68. The normalized spacial score (nSPS) is 10.6. The third-order valence-electron chi connectivity index (χ3n) is 2.88. The predicted molar refractivity (Wildman–Crippen MR) is 82.2 cm³/mol. The number of hydrogen-bond donors (Lipinski definition) is 2. The van der Waals surface area contributed by atoms with Crippen LogP contribution >= 0.6 is 0 Å². The number of nitrogens with one attached hydrogen (secondary N) is 1. The minimum absolute atomic E-state index is 0.0737. The molecule has 0 aromatic heterocycles. The summed E-state index contributed by atoms with van der Waals surface area (Å²) in [6.45, 7) is 1.35. The monoisotopic (exact) mass is 299 g/mol. The average Bonchev–Trinajstić information content (AvgIpc) is 2.48. The molecule has 2 aromatic rings. The van der Waals surface area contributed by atoms with Crippen molar-refractivity contribution < 1.29 is 19.1 Å². The van der Waals surface area contributed by atoms with E-state index >= 15 is 0 Å². The van der Waals surface area contributed by atoms with Gasteiger partial charge in [-0.05, 0) is 42.0 Å². The van der Waals surface area contributed by atoms with Crippen LogP contribution in [0.1, 0.15) is 22.8 Å². The number of amides is 1. The van der Waals surface area contributed by atoms with Crippen LogP contribution in [-0.2, 0) is 4.79 Å². The van der Waals surface area contributed by atoms with Crippen LogP contribution in [0, 0.1) is 5.82 Å². The van der Waals surface area contributed by atoms with Gasteiger partial charge in [0.25, 0.3) is 0 Å². The molecule has 0 aliphatic heterocycles. The summed E-state index contributed by atoms with van der Waals surface area (Å²) in [5.74, 6) is -1.23. The maximum absolute atomic E-state index is 12.8. The fourth-order valence-electron chi connectivity index (χ4n) is 1.85. The molecule has 22 heavy (non-hydrogen) atoms. The van der Waals surface area contributed by atoms with Gasteiger partial charge in [-0.15, -0.1) is 0 Å². The average molecular weight is 299 g/mol. The number of halogens is 1. The molecule has 2 aromatic carbocycles. The largest absolute Gasteiger partial charge is 0.507 e. The van der Waals surface area contributed by atoms with E-state index < -0.39 is 5.78 Å². The van der Waals surface area contributed by atoms with Gasteiger partial charge in [-0.25, -0.2) is 4.39 Å². The molecule has 0 aliphatic carbocycles. The first-order valence-corrected chi connectivity index (χ1v) is 6.54. The zero-order valence-corrected chi connectivity index (χ0v) is 11.8. The Morgan fingerprint density at radius 2 is 1.82 bits per heavy atom. The van der Waals surface area contributed by atoms with E-state index in [-0.39, 0.29) is 23.0 Å². The Bertz CT molecular complexity index is 736. The Morgan fingerprint density at radius 3 is 2.45 bits per heavy atom. The molecule has 0 atom stereocenters. The quantitative estimate of drug-likeness (QED) is 0.516. The van der Waals surface area contributed by atoms with Crippen LogP contribution in [0.5, 0.6) is 5.75 Å². The van der Waals surface area contributed by atoms with Crippen molar-refractivity contribution in [3.05, 3.63) is 65.5 Å². The predicted octanol–water partition coefficient (Wildman–Crippen LogP) is 3.39. The number of benzene rings is 2. The zero-order chi connectivity index (χ0) is 16.1. The Balaban J connectivity index is 2.21. The molecule has 0 heterocycles. The van der Waals surface area contributed by atoms with Gasteiger partial charge in [0.15, 0.2) is 5.78 Å². The molecule has 0 saturated carbocycles. The van der Waals surface area contributed by atoms with Crippen molar-refractivity contribution >= 4 is 23.5 Å². The van der Waals surface area contributed by atoms with Crippen LogP contribution in [0.2, 0.25) is 0 Å². The van der Waals surface area contributed by atoms with E-state index in [1.165, 1.54) is 61.5 Å². The van der Waals surface area contributed by atoms with Crippen molar-refractivity contribution in [3.63, 3.8) is 0 Å². The van der Waals surface area contributed by atoms with Gasteiger partial charge >= 0.3 is 0 Å². The molecule has 0 fully saturated rings. The van der Waals surface area contributed by atoms with Crippen LogP contribution in [0.25, 0.3) is 6.08 Å². The summed E-state index contributed by atoms with van der Waals surface area (Å²) in [7, 11) is 0. The van der Waals surface area contributed by atoms with Gasteiger partial charge in [0.2, 0.25) is 5.91 Å². The summed E-state index contributed by atoms with van der Waals surface area (Å²) in [6, 6.07) is 9.88. The highest BCUT2D eigenvalue weighted by Gasteiger charge is 2.10. The summed E-state index contributed by atoms with van der Waals surface area (Å²) < 4.78 is 12.8. The molecule has 0 bridgehead atoms. The van der Waals surface area contributed by atoms with Gasteiger partial charge in [0.05, 0.1) is 5.56 Å². The Labute approximate surface area is 126 Å². The fourth-order valence-corrected chi connectivity index (χ4v) is 1.85. The lowest BCUT2D eigenvalue weighted by molar-refractivity contribution is -0.114. The van der Waals surface area contributed by atoms with Gasteiger partial charge in [-0.1, -0.05) is 18.2 Å². The van der Waals surface area contributed by atoms with Crippen LogP contribution < -0.4 is 5.32 Å². The molecule has 4 nitrogen and oxygen atoms in total. The lowest BCUT2D eigenvalue weighted by Crippen LogP contribution is -2.06. The molecule has 1 amide bonds. The van der Waals surface area contributed by atoms with E-state index in [1.54, 1.807) is 0 Å². The highest BCUT2D eigenvalue weighted by Crippen LogP contribution is 2.22. The molecule has 0 unspecified atom stereocenters. The number of phenols is 1. The third-order valence-corrected chi connectivity index (χ3v) is 2.88. The van der Waals surface area contributed by atoms with E-state index in [4.69, 9.17) is 0 Å². The van der Waals surface area contributed by atoms with Crippen molar-refractivity contribution in [1.82, 2.24) is 0 Å². The zero-order valence-electron chi connectivity index (χ0n) is 11.8. The highest BCUT2D eigenvalue weighted by molar-refractivity contribution is 6.09. The first kappa shape index (κ1) is 15.4. The standard InChI is InChI=1S/C17H14FNO3/c1-11(20)19-14-7-9-17(22)15(10-14)16(21)8-4-12-2-5-13(18)6-3-12/h2-10,22H,1H3,(H,19,20). The number of ketones is 1. The van der Waals surface area contributed by atoms with Gasteiger partial charge in [0.1, 0.15) is 11.6 Å². The maximum atomic E-state index is 12.8. The van der Waals surface area contributed by atoms with E-state index in [0.29, 0.717) is 11.3 Å². The van der Waals surface area contributed by atoms with Gasteiger partial charge < -0.3 is 10.4 Å². The number of phenolic OH excluding ortho intramolecular Hbond substituents is 1. The summed E-state index contributed by atoms with van der Waals surface area (Å²) in [5, 5.41) is 12.3. The molecule has 0 radical (unpaired) electrons. The molecule has 2 N–H and O–H groups in total. The maximum Gasteiger partial charge on any atom is 0.221 e. The number of anilines is 1. The third kappa shape index (κ3) is 4.02. The first-order chi connectivity index (χ1) is 10.5. The molecule has 5 heteroatoms. The number of hydrogen-bond acceptors (Lipinski definition) is 3. The Hall–Kier alpha value is -2.95. The molecule has 0 aliphatic rings. The van der Waals surface area contributed by atoms with Crippen molar-refractivity contribution in [1.29, 1.82) is 0 Å². The van der Waals surface area contributed by atoms with Crippen LogP contribution in [0.4, 0.5) is 10.1 Å². The van der Waals surface area contributed by atoms with Crippen LogP contribution in [0.15, 0.2) is 48.5 Å². The van der Waals surface area contributed by atoms with E-state index in [2.05, 4.69) is 5.32 Å². The molecule has 0 saturated heterocycles. The lowest BCUT2D eigenvalue weighted by atomic mass is 10.1.